The maximum Gasteiger partial charge on any atom is 0.347 e. The predicted octanol–water partition coefficient (Wildman–Crippen LogP) is 2.53. The van der Waals surface area contributed by atoms with Gasteiger partial charge in [-0.2, -0.15) is 0 Å². The quantitative estimate of drug-likeness (QED) is 0.663. The van der Waals surface area contributed by atoms with Gasteiger partial charge in [-0.05, 0) is 47.5 Å². The van der Waals surface area contributed by atoms with Gasteiger partial charge < -0.3 is 15.2 Å². The Labute approximate surface area is 120 Å². The second-order valence-electron chi connectivity index (χ2n) is 3.79. The first-order valence-corrected chi connectivity index (χ1v) is 6.71. The smallest absolute Gasteiger partial charge is 0.347 e. The zero-order chi connectivity index (χ0) is 14.4. The zero-order valence-corrected chi connectivity index (χ0v) is 12.4. The lowest BCUT2D eigenvalue weighted by atomic mass is 10.2. The molecule has 1 unspecified atom stereocenters. The molecule has 0 radical (unpaired) electrons. The summed E-state index contributed by atoms with van der Waals surface area (Å²) in [4.78, 5) is 23.5. The van der Waals surface area contributed by atoms with Crippen LogP contribution in [0, 0.1) is 0 Å². The molecule has 0 aromatic heterocycles. The highest BCUT2D eigenvalue weighted by molar-refractivity contribution is 9.10. The Morgan fingerprint density at radius 1 is 1.37 bits per heavy atom. The fourth-order valence-corrected chi connectivity index (χ4v) is 1.83. The fourth-order valence-electron chi connectivity index (χ4n) is 1.43. The van der Waals surface area contributed by atoms with Gasteiger partial charge in [0.15, 0.2) is 6.10 Å². The second-order valence-corrected chi connectivity index (χ2v) is 4.65. The summed E-state index contributed by atoms with van der Waals surface area (Å²) in [6, 6.07) is 4.80. The van der Waals surface area contributed by atoms with Crippen molar-refractivity contribution >= 4 is 33.6 Å². The predicted molar refractivity (Wildman–Crippen MR) is 74.7 cm³/mol. The normalized spacial score (nSPS) is 11.7. The topological polar surface area (TPSA) is 78.6 Å². The molecule has 104 valence electrons. The Bertz CT molecular complexity index is 476. The molecule has 6 heteroatoms. The third-order valence-electron chi connectivity index (χ3n) is 2.38. The van der Waals surface area contributed by atoms with Crippen molar-refractivity contribution < 1.29 is 19.1 Å². The van der Waals surface area contributed by atoms with Crippen LogP contribution in [0.25, 0.3) is 0 Å². The molecule has 0 aliphatic heterocycles. The number of carbonyl (C=O) groups is 2. The number of rotatable bonds is 5. The van der Waals surface area contributed by atoms with Crippen LogP contribution in [-0.2, 0) is 14.3 Å². The lowest BCUT2D eigenvalue weighted by molar-refractivity contribution is -0.153. The van der Waals surface area contributed by atoms with Crippen molar-refractivity contribution in [2.75, 3.05) is 12.3 Å². The summed E-state index contributed by atoms with van der Waals surface area (Å²) < 4.78 is 10.5. The van der Waals surface area contributed by atoms with Crippen molar-refractivity contribution in [3.8, 4) is 0 Å². The molecule has 2 N–H and O–H groups in total. The number of carbonyl (C=O) groups excluding carboxylic acids is 2. The van der Waals surface area contributed by atoms with Gasteiger partial charge in [-0.15, -0.1) is 0 Å². The highest BCUT2D eigenvalue weighted by atomic mass is 79.9. The van der Waals surface area contributed by atoms with Crippen molar-refractivity contribution in [2.45, 2.75) is 26.4 Å². The Hall–Kier alpha value is -1.56. The number of halogens is 1. The highest BCUT2D eigenvalue weighted by Crippen LogP contribution is 2.21. The Morgan fingerprint density at radius 3 is 2.63 bits per heavy atom. The third-order valence-corrected chi connectivity index (χ3v) is 3.07. The van der Waals surface area contributed by atoms with E-state index in [1.807, 2.05) is 0 Å². The van der Waals surface area contributed by atoms with E-state index in [1.54, 1.807) is 26.0 Å². The summed E-state index contributed by atoms with van der Waals surface area (Å²) in [5.41, 5.74) is 6.34. The number of hydrogen-bond acceptors (Lipinski definition) is 5. The molecule has 0 heterocycles. The molecule has 0 bridgehead atoms. The first-order valence-electron chi connectivity index (χ1n) is 5.92. The summed E-state index contributed by atoms with van der Waals surface area (Å²) in [6.07, 6.45) is -0.550. The number of hydrogen-bond donors (Lipinski definition) is 1. The maximum absolute atomic E-state index is 12.0. The molecular formula is C13H16BrNO4. The molecule has 1 aromatic rings. The van der Waals surface area contributed by atoms with Crippen LogP contribution in [0.3, 0.4) is 0 Å². The van der Waals surface area contributed by atoms with Gasteiger partial charge in [0, 0.05) is 10.2 Å². The first-order chi connectivity index (χ1) is 8.99. The Kier molecular flexibility index (Phi) is 5.82. The zero-order valence-electron chi connectivity index (χ0n) is 10.8. The molecule has 0 fully saturated rings. The van der Waals surface area contributed by atoms with Crippen molar-refractivity contribution in [2.24, 2.45) is 0 Å². The Balaban J connectivity index is 2.82. The number of nitrogen functional groups attached to an aromatic ring is 1. The van der Waals surface area contributed by atoms with E-state index < -0.39 is 18.0 Å². The molecule has 5 nitrogen and oxygen atoms in total. The van der Waals surface area contributed by atoms with Crippen molar-refractivity contribution in [1.82, 2.24) is 0 Å². The largest absolute Gasteiger partial charge is 0.463 e. The van der Waals surface area contributed by atoms with Gasteiger partial charge in [-0.1, -0.05) is 6.92 Å². The number of anilines is 1. The SMILES string of the molecule is CCOC(=O)C(CC)OC(=O)c1cc(N)ccc1Br. The van der Waals surface area contributed by atoms with Gasteiger partial charge in [0.1, 0.15) is 0 Å². The number of benzene rings is 1. The van der Waals surface area contributed by atoms with E-state index in [-0.39, 0.29) is 12.2 Å². The minimum Gasteiger partial charge on any atom is -0.463 e. The van der Waals surface area contributed by atoms with E-state index in [9.17, 15) is 9.59 Å². The van der Waals surface area contributed by atoms with Crippen LogP contribution in [0.1, 0.15) is 30.6 Å². The van der Waals surface area contributed by atoms with Crippen LogP contribution >= 0.6 is 15.9 Å². The van der Waals surface area contributed by atoms with Gasteiger partial charge in [0.25, 0.3) is 0 Å². The van der Waals surface area contributed by atoms with Crippen molar-refractivity contribution in [3.63, 3.8) is 0 Å². The number of nitrogens with two attached hydrogens (primary N) is 1. The van der Waals surface area contributed by atoms with Gasteiger partial charge in [0.2, 0.25) is 0 Å². The van der Waals surface area contributed by atoms with Crippen LogP contribution < -0.4 is 5.73 Å². The molecule has 0 amide bonds. The number of esters is 2. The van der Waals surface area contributed by atoms with Gasteiger partial charge in [-0.3, -0.25) is 0 Å². The van der Waals surface area contributed by atoms with E-state index in [4.69, 9.17) is 15.2 Å². The van der Waals surface area contributed by atoms with Crippen molar-refractivity contribution in [3.05, 3.63) is 28.2 Å². The summed E-state index contributed by atoms with van der Waals surface area (Å²) in [5.74, 6) is -1.16. The second kappa shape index (κ2) is 7.13. The minimum atomic E-state index is -0.902. The van der Waals surface area contributed by atoms with E-state index in [1.165, 1.54) is 6.07 Å². The van der Waals surface area contributed by atoms with E-state index in [2.05, 4.69) is 15.9 Å². The molecule has 0 aliphatic rings. The van der Waals surface area contributed by atoms with E-state index in [0.717, 1.165) is 0 Å². The van der Waals surface area contributed by atoms with Gasteiger partial charge in [-0.25, -0.2) is 9.59 Å². The Morgan fingerprint density at radius 2 is 2.05 bits per heavy atom. The minimum absolute atomic E-state index is 0.245. The van der Waals surface area contributed by atoms with Crippen LogP contribution in [-0.4, -0.2) is 24.6 Å². The summed E-state index contributed by atoms with van der Waals surface area (Å²) in [7, 11) is 0. The van der Waals surface area contributed by atoms with Gasteiger partial charge >= 0.3 is 11.9 Å². The van der Waals surface area contributed by atoms with Gasteiger partial charge in [0.05, 0.1) is 12.2 Å². The molecule has 0 saturated heterocycles. The number of ether oxygens (including phenoxy) is 2. The average molecular weight is 330 g/mol. The molecule has 0 saturated carbocycles. The van der Waals surface area contributed by atoms with Crippen LogP contribution in [0.5, 0.6) is 0 Å². The average Bonchev–Trinajstić information content (AvgIpc) is 2.38. The first kappa shape index (κ1) is 15.5. The molecular weight excluding hydrogens is 314 g/mol. The molecule has 1 rings (SSSR count). The van der Waals surface area contributed by atoms with Crippen LogP contribution in [0.2, 0.25) is 0 Å². The standard InChI is InChI=1S/C13H16BrNO4/c1-3-11(13(17)18-4-2)19-12(16)9-7-8(15)5-6-10(9)14/h5-7,11H,3-4,15H2,1-2H3. The van der Waals surface area contributed by atoms with E-state index in [0.29, 0.717) is 16.6 Å². The van der Waals surface area contributed by atoms with Crippen molar-refractivity contribution in [1.29, 1.82) is 0 Å². The molecule has 0 spiro atoms. The van der Waals surface area contributed by atoms with E-state index >= 15 is 0 Å². The lowest BCUT2D eigenvalue weighted by Crippen LogP contribution is -2.28. The summed E-state index contributed by atoms with van der Waals surface area (Å²) >= 11 is 3.24. The fraction of sp³-hybridized carbons (Fsp3) is 0.385. The molecule has 19 heavy (non-hydrogen) atoms. The monoisotopic (exact) mass is 329 g/mol. The molecule has 1 aromatic carbocycles. The van der Waals surface area contributed by atoms with Crippen LogP contribution in [0.4, 0.5) is 5.69 Å². The van der Waals surface area contributed by atoms with Crippen LogP contribution in [0.15, 0.2) is 22.7 Å². The summed E-state index contributed by atoms with van der Waals surface area (Å²) in [5, 5.41) is 0. The third kappa shape index (κ3) is 4.24. The maximum atomic E-state index is 12.0. The molecule has 0 aliphatic carbocycles. The molecule has 1 atom stereocenters. The lowest BCUT2D eigenvalue weighted by Gasteiger charge is -2.15. The summed E-state index contributed by atoms with van der Waals surface area (Å²) in [6.45, 7) is 3.68. The highest BCUT2D eigenvalue weighted by Gasteiger charge is 2.24.